The van der Waals surface area contributed by atoms with E-state index in [4.69, 9.17) is 0 Å². The third-order valence-electron chi connectivity index (χ3n) is 4.07. The molecule has 1 aliphatic rings. The van der Waals surface area contributed by atoms with Crippen molar-refractivity contribution < 1.29 is 14.0 Å². The number of carbonyl (C=O) groups excluding carboxylic acids is 2. The number of amides is 2. The number of halogens is 2. The second-order valence-corrected chi connectivity index (χ2v) is 6.14. The molecule has 25 heavy (non-hydrogen) atoms. The molecule has 2 rings (SSSR count). The molecule has 0 saturated carbocycles. The summed E-state index contributed by atoms with van der Waals surface area (Å²) >= 11 is 0. The predicted molar refractivity (Wildman–Crippen MR) is 97.1 cm³/mol. The molecule has 0 radical (unpaired) electrons. The number of benzene rings is 1. The van der Waals surface area contributed by atoms with Crippen LogP contribution in [0.4, 0.5) is 4.39 Å². The van der Waals surface area contributed by atoms with Crippen LogP contribution in [0.3, 0.4) is 0 Å². The molecular weight excluding hydrogens is 347 g/mol. The van der Waals surface area contributed by atoms with Gasteiger partial charge in [-0.1, -0.05) is 18.2 Å². The summed E-state index contributed by atoms with van der Waals surface area (Å²) in [5.41, 5.74) is 0.480. The number of piperazine rings is 1. The molecule has 140 valence electrons. The summed E-state index contributed by atoms with van der Waals surface area (Å²) in [4.78, 5) is 29.4. The van der Waals surface area contributed by atoms with Gasteiger partial charge in [-0.05, 0) is 13.1 Å². The summed E-state index contributed by atoms with van der Waals surface area (Å²) in [5, 5.41) is 3.20. The highest BCUT2D eigenvalue weighted by molar-refractivity contribution is 5.85. The highest BCUT2D eigenvalue weighted by atomic mass is 35.5. The second-order valence-electron chi connectivity index (χ2n) is 6.14. The molecule has 0 aromatic heterocycles. The van der Waals surface area contributed by atoms with Crippen molar-refractivity contribution in [2.75, 3.05) is 53.4 Å². The fourth-order valence-electron chi connectivity index (χ4n) is 2.62. The van der Waals surface area contributed by atoms with Gasteiger partial charge in [0.05, 0.1) is 13.1 Å². The molecule has 0 aliphatic carbocycles. The minimum absolute atomic E-state index is 0. The van der Waals surface area contributed by atoms with Gasteiger partial charge < -0.3 is 15.1 Å². The molecule has 1 saturated heterocycles. The molecule has 1 aromatic carbocycles. The number of hydrogen-bond donors (Lipinski definition) is 1. The molecule has 1 N–H and O–H groups in total. The lowest BCUT2D eigenvalue weighted by Crippen LogP contribution is -2.50. The molecule has 2 amide bonds. The van der Waals surface area contributed by atoms with Crippen molar-refractivity contribution in [3.8, 4) is 0 Å². The Hall–Kier alpha value is -1.70. The van der Waals surface area contributed by atoms with Gasteiger partial charge in [0.25, 0.3) is 0 Å². The van der Waals surface area contributed by atoms with E-state index in [-0.39, 0.29) is 49.7 Å². The van der Waals surface area contributed by atoms with Crippen LogP contribution in [-0.2, 0) is 16.1 Å². The average molecular weight is 373 g/mol. The molecular formula is C17H26ClFN4O2. The number of rotatable bonds is 6. The maximum atomic E-state index is 13.7. The van der Waals surface area contributed by atoms with Gasteiger partial charge in [-0.3, -0.25) is 14.5 Å². The van der Waals surface area contributed by atoms with Crippen molar-refractivity contribution in [3.63, 3.8) is 0 Å². The molecule has 1 aromatic rings. The number of hydrogen-bond acceptors (Lipinski definition) is 4. The van der Waals surface area contributed by atoms with Gasteiger partial charge in [0.1, 0.15) is 5.82 Å². The molecule has 1 aliphatic heterocycles. The van der Waals surface area contributed by atoms with Crippen molar-refractivity contribution in [3.05, 3.63) is 35.6 Å². The molecule has 1 heterocycles. The van der Waals surface area contributed by atoms with E-state index in [0.29, 0.717) is 18.7 Å². The fourth-order valence-corrected chi connectivity index (χ4v) is 2.62. The number of carbonyl (C=O) groups is 2. The summed E-state index contributed by atoms with van der Waals surface area (Å²) in [6.45, 7) is 3.56. The highest BCUT2D eigenvalue weighted by Gasteiger charge is 2.20. The van der Waals surface area contributed by atoms with Crippen molar-refractivity contribution >= 4 is 24.2 Å². The van der Waals surface area contributed by atoms with Crippen molar-refractivity contribution in [2.24, 2.45) is 0 Å². The smallest absolute Gasteiger partial charge is 0.236 e. The Morgan fingerprint density at radius 1 is 1.16 bits per heavy atom. The number of likely N-dealkylation sites (N-methyl/N-ethyl adjacent to an activating group) is 2. The Bertz CT molecular complexity index is 582. The lowest BCUT2D eigenvalue weighted by Gasteiger charge is -2.29. The van der Waals surface area contributed by atoms with E-state index < -0.39 is 0 Å². The molecule has 0 spiro atoms. The van der Waals surface area contributed by atoms with E-state index >= 15 is 0 Å². The van der Waals surface area contributed by atoms with Gasteiger partial charge in [0.15, 0.2) is 0 Å². The summed E-state index contributed by atoms with van der Waals surface area (Å²) < 4.78 is 13.7. The molecule has 8 heteroatoms. The monoisotopic (exact) mass is 372 g/mol. The Kier molecular flexibility index (Phi) is 8.82. The minimum atomic E-state index is -0.320. The van der Waals surface area contributed by atoms with Gasteiger partial charge in [-0.25, -0.2) is 4.39 Å². The van der Waals surface area contributed by atoms with Gasteiger partial charge in [-0.15, -0.1) is 12.4 Å². The summed E-state index contributed by atoms with van der Waals surface area (Å²) in [5.74, 6) is -0.434. The first kappa shape index (κ1) is 21.3. The zero-order chi connectivity index (χ0) is 17.5. The molecule has 1 fully saturated rings. The van der Waals surface area contributed by atoms with Crippen LogP contribution >= 0.6 is 12.4 Å². The van der Waals surface area contributed by atoms with Crippen LogP contribution in [0, 0.1) is 5.82 Å². The fraction of sp³-hybridized carbons (Fsp3) is 0.529. The predicted octanol–water partition coefficient (Wildman–Crippen LogP) is 0.569. The van der Waals surface area contributed by atoms with Crippen LogP contribution in [0.1, 0.15) is 5.56 Å². The van der Waals surface area contributed by atoms with E-state index in [2.05, 4.69) is 5.32 Å². The van der Waals surface area contributed by atoms with Crippen LogP contribution in [0.5, 0.6) is 0 Å². The topological polar surface area (TPSA) is 55.9 Å². The Morgan fingerprint density at radius 2 is 1.80 bits per heavy atom. The molecule has 6 nitrogen and oxygen atoms in total. The van der Waals surface area contributed by atoms with Crippen LogP contribution in [0.15, 0.2) is 24.3 Å². The lowest BCUT2D eigenvalue weighted by molar-refractivity contribution is -0.135. The van der Waals surface area contributed by atoms with Gasteiger partial charge in [0, 0.05) is 45.3 Å². The van der Waals surface area contributed by atoms with E-state index in [0.717, 1.165) is 13.1 Å². The standard InChI is InChI=1S/C17H25FN4O2.ClH/c1-20(13-17(24)22-9-7-19-8-10-22)12-16(23)21(2)11-14-5-3-4-6-15(14)18;/h3-6,19H,7-13H2,1-2H3;1H. The Morgan fingerprint density at radius 3 is 2.44 bits per heavy atom. The van der Waals surface area contributed by atoms with E-state index in [1.54, 1.807) is 42.1 Å². The van der Waals surface area contributed by atoms with E-state index in [1.807, 2.05) is 0 Å². The van der Waals surface area contributed by atoms with Crippen molar-refractivity contribution in [1.29, 1.82) is 0 Å². The zero-order valence-electron chi connectivity index (χ0n) is 14.7. The van der Waals surface area contributed by atoms with Crippen LogP contribution in [-0.4, -0.2) is 79.9 Å². The maximum Gasteiger partial charge on any atom is 0.236 e. The second kappa shape index (κ2) is 10.3. The molecule has 0 unspecified atom stereocenters. The van der Waals surface area contributed by atoms with Crippen LogP contribution in [0.25, 0.3) is 0 Å². The number of nitrogens with one attached hydrogen (secondary N) is 1. The highest BCUT2D eigenvalue weighted by Crippen LogP contribution is 2.09. The SMILES string of the molecule is CN(CC(=O)N(C)Cc1ccccc1F)CC(=O)N1CCNCC1.Cl. The minimum Gasteiger partial charge on any atom is -0.340 e. The van der Waals surface area contributed by atoms with Crippen molar-refractivity contribution in [1.82, 2.24) is 20.0 Å². The van der Waals surface area contributed by atoms with Crippen molar-refractivity contribution in [2.45, 2.75) is 6.54 Å². The first-order chi connectivity index (χ1) is 11.5. The largest absolute Gasteiger partial charge is 0.340 e. The first-order valence-corrected chi connectivity index (χ1v) is 8.12. The third kappa shape index (κ3) is 6.61. The van der Waals surface area contributed by atoms with Crippen LogP contribution < -0.4 is 5.32 Å². The quantitative estimate of drug-likeness (QED) is 0.793. The summed E-state index contributed by atoms with van der Waals surface area (Å²) in [7, 11) is 3.38. The first-order valence-electron chi connectivity index (χ1n) is 8.12. The maximum absolute atomic E-state index is 13.7. The lowest BCUT2D eigenvalue weighted by atomic mass is 10.2. The number of nitrogens with zero attached hydrogens (tertiary/aromatic N) is 3. The average Bonchev–Trinajstić information content (AvgIpc) is 2.57. The van der Waals surface area contributed by atoms with Gasteiger partial charge in [0.2, 0.25) is 11.8 Å². The molecule has 0 atom stereocenters. The summed E-state index contributed by atoms with van der Waals surface area (Å²) in [6.07, 6.45) is 0. The van der Waals surface area contributed by atoms with Gasteiger partial charge >= 0.3 is 0 Å². The summed E-state index contributed by atoms with van der Waals surface area (Å²) in [6, 6.07) is 6.41. The van der Waals surface area contributed by atoms with E-state index in [1.165, 1.54) is 11.0 Å². The molecule has 0 bridgehead atoms. The zero-order valence-corrected chi connectivity index (χ0v) is 15.5. The van der Waals surface area contributed by atoms with Crippen LogP contribution in [0.2, 0.25) is 0 Å². The third-order valence-corrected chi connectivity index (χ3v) is 4.07. The normalized spacial score (nSPS) is 14.2. The Labute approximate surface area is 154 Å². The Balaban J connectivity index is 0.00000312. The van der Waals surface area contributed by atoms with E-state index in [9.17, 15) is 14.0 Å². The van der Waals surface area contributed by atoms with Gasteiger partial charge in [-0.2, -0.15) is 0 Å².